The third-order valence-electron chi connectivity index (χ3n) is 2.92. The molecule has 0 fully saturated rings. The monoisotopic (exact) mass is 266 g/mol. The molecule has 3 nitrogen and oxygen atoms in total. The first-order chi connectivity index (χ1) is 9.77. The van der Waals surface area contributed by atoms with Gasteiger partial charge in [-0.2, -0.15) is 0 Å². The van der Waals surface area contributed by atoms with Crippen LogP contribution in [-0.4, -0.2) is 16.0 Å². The molecule has 0 aliphatic carbocycles. The van der Waals surface area contributed by atoms with Crippen molar-refractivity contribution in [1.29, 1.82) is 0 Å². The zero-order chi connectivity index (χ0) is 14.4. The van der Waals surface area contributed by atoms with E-state index in [1.807, 2.05) is 12.1 Å². The van der Waals surface area contributed by atoms with Crippen LogP contribution < -0.4 is 0 Å². The predicted octanol–water partition coefficient (Wildman–Crippen LogP) is 3.75. The van der Waals surface area contributed by atoms with Crippen LogP contribution in [-0.2, 0) is 4.79 Å². The third kappa shape index (κ3) is 2.78. The van der Waals surface area contributed by atoms with Crippen molar-refractivity contribution in [2.75, 3.05) is 0 Å². The molecule has 20 heavy (non-hydrogen) atoms. The highest BCUT2D eigenvalue weighted by Gasteiger charge is 2.18. The van der Waals surface area contributed by atoms with E-state index in [4.69, 9.17) is 0 Å². The Hall–Kier alpha value is -2.81. The molecule has 2 aromatic carbocycles. The van der Waals surface area contributed by atoms with Crippen LogP contribution in [0.5, 0.6) is 0 Å². The number of carbonyl (C=O) groups is 1. The highest BCUT2D eigenvalue weighted by Crippen LogP contribution is 2.24. The molecule has 0 radical (unpaired) electrons. The first kappa shape index (κ1) is 13.6. The van der Waals surface area contributed by atoms with Crippen molar-refractivity contribution in [1.82, 2.24) is 0 Å². The molecule has 0 aliphatic heterocycles. The van der Waals surface area contributed by atoms with Crippen LogP contribution in [0.2, 0.25) is 0 Å². The third-order valence-corrected chi connectivity index (χ3v) is 2.92. The van der Waals surface area contributed by atoms with Gasteiger partial charge in [0.1, 0.15) is 0 Å². The molecule has 0 saturated carbocycles. The molecule has 3 heteroatoms. The minimum atomic E-state index is -0.438. The van der Waals surface area contributed by atoms with Gasteiger partial charge < -0.3 is 10.2 Å². The summed E-state index contributed by atoms with van der Waals surface area (Å²) in [6.07, 6.45) is 1.54. The lowest BCUT2D eigenvalue weighted by Gasteiger charge is -2.08. The Kier molecular flexibility index (Phi) is 4.35. The summed E-state index contributed by atoms with van der Waals surface area (Å²) in [6.45, 7) is 0. The molecule has 0 aromatic heterocycles. The molecule has 0 bridgehead atoms. The molecule has 0 saturated heterocycles. The van der Waals surface area contributed by atoms with Crippen LogP contribution >= 0.6 is 0 Å². The largest absolute Gasteiger partial charge is 0.515 e. The van der Waals surface area contributed by atoms with E-state index in [1.165, 1.54) is 0 Å². The summed E-state index contributed by atoms with van der Waals surface area (Å²) in [5.74, 6) is -0.438. The summed E-state index contributed by atoms with van der Waals surface area (Å²) in [7, 11) is 0. The van der Waals surface area contributed by atoms with Gasteiger partial charge in [-0.05, 0) is 11.1 Å². The van der Waals surface area contributed by atoms with Crippen LogP contribution in [0, 0.1) is 0 Å². The fraction of sp³-hybridized carbons (Fsp3) is 0. The molecular formula is C17H14O3. The Bertz CT molecular complexity index is 583. The van der Waals surface area contributed by atoms with Crippen LogP contribution in [0.1, 0.15) is 11.1 Å². The van der Waals surface area contributed by atoms with Gasteiger partial charge in [0.05, 0.1) is 23.7 Å². The van der Waals surface area contributed by atoms with Gasteiger partial charge in [0.25, 0.3) is 0 Å². The van der Waals surface area contributed by atoms with E-state index in [-0.39, 0.29) is 11.1 Å². The second-order valence-corrected chi connectivity index (χ2v) is 4.15. The summed E-state index contributed by atoms with van der Waals surface area (Å²) in [5.41, 5.74) is 1.45. The Morgan fingerprint density at radius 1 is 0.700 bits per heavy atom. The first-order valence-corrected chi connectivity index (χ1v) is 6.12. The van der Waals surface area contributed by atoms with Crippen molar-refractivity contribution in [3.8, 4) is 0 Å². The van der Waals surface area contributed by atoms with E-state index in [0.29, 0.717) is 11.1 Å². The van der Waals surface area contributed by atoms with Gasteiger partial charge in [-0.15, -0.1) is 0 Å². The number of aliphatic hydroxyl groups excluding tert-OH is 2. The van der Waals surface area contributed by atoms with Crippen LogP contribution in [0.15, 0.2) is 73.2 Å². The highest BCUT2D eigenvalue weighted by atomic mass is 16.2. The molecule has 0 atom stereocenters. The molecule has 0 spiro atoms. The lowest BCUT2D eigenvalue weighted by Crippen LogP contribution is -2.05. The number of aliphatic hydroxyl groups is 2. The Morgan fingerprint density at radius 3 is 1.35 bits per heavy atom. The van der Waals surface area contributed by atoms with E-state index in [9.17, 15) is 15.0 Å². The molecule has 2 N–H and O–H groups in total. The number of hydrogen-bond acceptors (Lipinski definition) is 3. The Labute approximate surface area is 117 Å². The molecular weight excluding hydrogens is 252 g/mol. The van der Waals surface area contributed by atoms with Gasteiger partial charge in [0.15, 0.2) is 5.78 Å². The van der Waals surface area contributed by atoms with E-state index in [2.05, 4.69) is 0 Å². The van der Waals surface area contributed by atoms with Crippen molar-refractivity contribution in [3.05, 3.63) is 84.3 Å². The summed E-state index contributed by atoms with van der Waals surface area (Å²) >= 11 is 0. The quantitative estimate of drug-likeness (QED) is 0.654. The summed E-state index contributed by atoms with van der Waals surface area (Å²) in [4.78, 5) is 12.4. The van der Waals surface area contributed by atoms with Gasteiger partial charge in [0, 0.05) is 0 Å². The second-order valence-electron chi connectivity index (χ2n) is 4.15. The summed E-state index contributed by atoms with van der Waals surface area (Å²) in [6, 6.07) is 17.6. The van der Waals surface area contributed by atoms with E-state index >= 15 is 0 Å². The normalized spacial score (nSPS) is 12.2. The number of allylic oxidation sites excluding steroid dienone is 2. The molecule has 2 rings (SSSR count). The maximum atomic E-state index is 12.4. The van der Waals surface area contributed by atoms with E-state index in [1.54, 1.807) is 48.5 Å². The number of ketones is 1. The minimum absolute atomic E-state index is 0.134. The second kappa shape index (κ2) is 6.38. The highest BCUT2D eigenvalue weighted by molar-refractivity contribution is 6.41. The topological polar surface area (TPSA) is 57.5 Å². The maximum Gasteiger partial charge on any atom is 0.200 e. The number of Topliss-reactive ketones (excluding diaryl/α,β-unsaturated/α-hetero) is 1. The standard InChI is InChI=1S/C17H14O3/c18-11-15(13-7-3-1-4-8-13)17(20)16(12-19)14-9-5-2-6-10-14/h1-12,18-19H. The minimum Gasteiger partial charge on any atom is -0.515 e. The Morgan fingerprint density at radius 2 is 1.05 bits per heavy atom. The molecule has 2 aromatic rings. The van der Waals surface area contributed by atoms with E-state index in [0.717, 1.165) is 12.5 Å². The number of rotatable bonds is 4. The zero-order valence-corrected chi connectivity index (χ0v) is 10.7. The van der Waals surface area contributed by atoms with Crippen molar-refractivity contribution < 1.29 is 15.0 Å². The number of carbonyl (C=O) groups excluding carboxylic acids is 1. The first-order valence-electron chi connectivity index (χ1n) is 6.12. The van der Waals surface area contributed by atoms with Crippen molar-refractivity contribution in [3.63, 3.8) is 0 Å². The average molecular weight is 266 g/mol. The molecule has 0 heterocycles. The number of hydrogen-bond donors (Lipinski definition) is 2. The predicted molar refractivity (Wildman–Crippen MR) is 79.1 cm³/mol. The Balaban J connectivity index is 2.39. The lowest BCUT2D eigenvalue weighted by molar-refractivity contribution is -0.108. The smallest absolute Gasteiger partial charge is 0.200 e. The zero-order valence-electron chi connectivity index (χ0n) is 10.7. The lowest BCUT2D eigenvalue weighted by atomic mass is 9.94. The molecule has 100 valence electrons. The van der Waals surface area contributed by atoms with Crippen molar-refractivity contribution in [2.45, 2.75) is 0 Å². The van der Waals surface area contributed by atoms with E-state index < -0.39 is 5.78 Å². The molecule has 0 unspecified atom stereocenters. The summed E-state index contributed by atoms with van der Waals surface area (Å²) < 4.78 is 0. The van der Waals surface area contributed by atoms with Crippen molar-refractivity contribution >= 4 is 16.9 Å². The molecule has 0 amide bonds. The van der Waals surface area contributed by atoms with Crippen LogP contribution in [0.25, 0.3) is 11.1 Å². The van der Waals surface area contributed by atoms with Gasteiger partial charge in [-0.25, -0.2) is 0 Å². The fourth-order valence-corrected chi connectivity index (χ4v) is 1.91. The summed E-state index contributed by atoms with van der Waals surface area (Å²) in [5, 5.41) is 18.7. The van der Waals surface area contributed by atoms with Gasteiger partial charge in [-0.3, -0.25) is 4.79 Å². The van der Waals surface area contributed by atoms with Gasteiger partial charge in [-0.1, -0.05) is 60.7 Å². The van der Waals surface area contributed by atoms with Crippen molar-refractivity contribution in [2.24, 2.45) is 0 Å². The van der Waals surface area contributed by atoms with Gasteiger partial charge in [0.2, 0.25) is 0 Å². The average Bonchev–Trinajstić information content (AvgIpc) is 2.51. The SMILES string of the molecule is O=C(C(=CO)c1ccccc1)C(=CO)c1ccccc1. The fourth-order valence-electron chi connectivity index (χ4n) is 1.91. The van der Waals surface area contributed by atoms with Gasteiger partial charge >= 0.3 is 0 Å². The maximum absolute atomic E-state index is 12.4. The molecule has 0 aliphatic rings. The van der Waals surface area contributed by atoms with Crippen LogP contribution in [0.3, 0.4) is 0 Å². The number of benzene rings is 2. The van der Waals surface area contributed by atoms with Crippen LogP contribution in [0.4, 0.5) is 0 Å².